The first-order valence-corrected chi connectivity index (χ1v) is 13.8. The van der Waals surface area contributed by atoms with E-state index >= 15 is 0 Å². The molecule has 2 aliphatic rings. The Kier molecular flexibility index (Phi) is 7.16. The number of carbonyl (C=O) groups excluding carboxylic acids is 1. The fraction of sp³-hybridized carbons (Fsp3) is 0.300. The van der Waals surface area contributed by atoms with E-state index in [0.717, 1.165) is 24.1 Å². The number of rotatable bonds is 8. The Bertz CT molecular complexity index is 1580. The summed E-state index contributed by atoms with van der Waals surface area (Å²) in [6.45, 7) is 1.92. The Morgan fingerprint density at radius 2 is 1.98 bits per heavy atom. The topological polar surface area (TPSA) is 89.5 Å². The molecule has 1 aliphatic heterocycles. The Balaban J connectivity index is 1.25. The Labute approximate surface area is 236 Å². The first-order chi connectivity index (χ1) is 19.4. The summed E-state index contributed by atoms with van der Waals surface area (Å²) in [4.78, 5) is 25.8. The number of nitrogens with zero attached hydrogens (tertiary/aromatic N) is 5. The van der Waals surface area contributed by atoms with Gasteiger partial charge in [-0.3, -0.25) is 9.69 Å². The third kappa shape index (κ3) is 5.26. The molecule has 2 aromatic carbocycles. The van der Waals surface area contributed by atoms with Crippen molar-refractivity contribution in [3.63, 3.8) is 0 Å². The van der Waals surface area contributed by atoms with E-state index in [9.17, 15) is 9.18 Å². The van der Waals surface area contributed by atoms with Gasteiger partial charge < -0.3 is 19.9 Å². The van der Waals surface area contributed by atoms with Crippen LogP contribution in [0.5, 0.6) is 11.5 Å². The maximum Gasteiger partial charge on any atom is 0.246 e. The van der Waals surface area contributed by atoms with Gasteiger partial charge in [-0.1, -0.05) is 35.9 Å². The number of anilines is 1. The summed E-state index contributed by atoms with van der Waals surface area (Å²) < 4.78 is 21.3. The van der Waals surface area contributed by atoms with Crippen molar-refractivity contribution in [1.82, 2.24) is 24.3 Å². The number of carbonyl (C=O) groups is 1. The van der Waals surface area contributed by atoms with Gasteiger partial charge in [0.25, 0.3) is 0 Å². The minimum atomic E-state index is -0.367. The number of aromatic nitrogens is 3. The molecule has 1 saturated carbocycles. The number of halogens is 2. The van der Waals surface area contributed by atoms with Crippen molar-refractivity contribution in [1.29, 1.82) is 0 Å². The van der Waals surface area contributed by atoms with Crippen molar-refractivity contribution in [3.05, 3.63) is 78.0 Å². The van der Waals surface area contributed by atoms with E-state index in [1.165, 1.54) is 31.3 Å². The number of amides is 1. The lowest BCUT2D eigenvalue weighted by molar-refractivity contribution is -0.125. The highest BCUT2D eigenvalue weighted by Crippen LogP contribution is 2.43. The minimum Gasteiger partial charge on any atom is -0.457 e. The van der Waals surface area contributed by atoms with E-state index in [-0.39, 0.29) is 17.8 Å². The van der Waals surface area contributed by atoms with Crippen molar-refractivity contribution in [2.45, 2.75) is 31.3 Å². The zero-order chi connectivity index (χ0) is 27.8. The van der Waals surface area contributed by atoms with Crippen molar-refractivity contribution in [2.24, 2.45) is 0 Å². The van der Waals surface area contributed by atoms with Gasteiger partial charge >= 0.3 is 0 Å². The fourth-order valence-corrected chi connectivity index (χ4v) is 5.75. The van der Waals surface area contributed by atoms with Crippen LogP contribution in [-0.4, -0.2) is 63.0 Å². The van der Waals surface area contributed by atoms with E-state index < -0.39 is 0 Å². The highest BCUT2D eigenvalue weighted by molar-refractivity contribution is 6.35. The van der Waals surface area contributed by atoms with E-state index in [2.05, 4.69) is 21.9 Å². The zero-order valence-electron chi connectivity index (χ0n) is 22.1. The molecular weight excluding hydrogens is 531 g/mol. The number of nitrogens with two attached hydrogens (primary N) is 1. The van der Waals surface area contributed by atoms with Gasteiger partial charge in [0.2, 0.25) is 5.91 Å². The summed E-state index contributed by atoms with van der Waals surface area (Å²) in [6, 6.07) is 13.9. The van der Waals surface area contributed by atoms with Gasteiger partial charge in [-0.05, 0) is 56.1 Å². The molecule has 3 heterocycles. The number of hydrogen-bond donors (Lipinski definition) is 1. The molecule has 8 nitrogen and oxygen atoms in total. The molecule has 2 aromatic heterocycles. The molecule has 1 saturated heterocycles. The van der Waals surface area contributed by atoms with Crippen LogP contribution >= 0.6 is 11.6 Å². The van der Waals surface area contributed by atoms with Crippen LogP contribution in [0.4, 0.5) is 10.2 Å². The third-order valence-corrected chi connectivity index (χ3v) is 7.96. The Morgan fingerprint density at radius 3 is 2.73 bits per heavy atom. The van der Waals surface area contributed by atoms with Crippen LogP contribution < -0.4 is 10.5 Å². The fourth-order valence-electron chi connectivity index (χ4n) is 5.32. The summed E-state index contributed by atoms with van der Waals surface area (Å²) in [5.74, 6) is 0.926. The average Bonchev–Trinajstić information content (AvgIpc) is 3.60. The van der Waals surface area contributed by atoms with Crippen LogP contribution in [0, 0.1) is 5.82 Å². The highest BCUT2D eigenvalue weighted by Gasteiger charge is 2.32. The first kappa shape index (κ1) is 26.3. The molecule has 2 N–H and O–H groups in total. The summed E-state index contributed by atoms with van der Waals surface area (Å²) in [5, 5.41) is 1.15. The average molecular weight is 561 g/mol. The van der Waals surface area contributed by atoms with Gasteiger partial charge in [0.05, 0.1) is 11.4 Å². The molecule has 2 fully saturated rings. The lowest BCUT2D eigenvalue weighted by Crippen LogP contribution is -2.28. The van der Waals surface area contributed by atoms with Crippen LogP contribution in [0.2, 0.25) is 5.15 Å². The Hall–Kier alpha value is -3.95. The summed E-state index contributed by atoms with van der Waals surface area (Å²) in [5.41, 5.74) is 8.51. The van der Waals surface area contributed by atoms with Crippen molar-refractivity contribution in [2.75, 3.05) is 32.4 Å². The van der Waals surface area contributed by atoms with Gasteiger partial charge in [-0.15, -0.1) is 0 Å². The zero-order valence-corrected chi connectivity index (χ0v) is 22.9. The smallest absolute Gasteiger partial charge is 0.246 e. The van der Waals surface area contributed by atoms with E-state index in [1.807, 2.05) is 27.7 Å². The summed E-state index contributed by atoms with van der Waals surface area (Å²) in [7, 11) is 2.09. The number of fused-ring (bicyclic) bond motifs is 1. The predicted octanol–water partition coefficient (Wildman–Crippen LogP) is 5.69. The number of ether oxygens (including phenoxy) is 1. The lowest BCUT2D eigenvalue weighted by Gasteiger charge is -2.17. The molecule has 0 radical (unpaired) electrons. The second kappa shape index (κ2) is 10.9. The van der Waals surface area contributed by atoms with Gasteiger partial charge in [0, 0.05) is 43.4 Å². The summed E-state index contributed by atoms with van der Waals surface area (Å²) >= 11 is 7.05. The molecule has 1 aliphatic carbocycles. The third-order valence-electron chi connectivity index (χ3n) is 7.59. The number of nitrogen functional groups attached to an aromatic ring is 1. The SMILES string of the molecule is CN(CC=CC(=O)N1CC[C@@H](n2c(Cl)c(-c3ccc(Oc4cccc(F)c4)cc3)c3c(N)ncnc32)C1)C1CC1. The molecule has 40 heavy (non-hydrogen) atoms. The summed E-state index contributed by atoms with van der Waals surface area (Å²) in [6.07, 6.45) is 8.27. The van der Waals surface area contributed by atoms with E-state index in [4.69, 9.17) is 22.1 Å². The standard InChI is InChI=1S/C30H30ClFN6O2/c1-36(21-9-10-21)14-3-6-25(39)37-15-13-22(17-37)38-28(31)26(27-29(33)34-18-35-30(27)38)19-7-11-23(12-8-19)40-24-5-2-4-20(32)16-24/h2-8,11-12,16,18,21-22H,9-10,13-15,17H2,1H3,(H2,33,34,35)/t22-/m1/s1. The van der Waals surface area contributed by atoms with Crippen molar-refractivity contribution in [3.8, 4) is 22.6 Å². The molecule has 6 rings (SSSR count). The quantitative estimate of drug-likeness (QED) is 0.279. The second-order valence-corrected chi connectivity index (χ2v) is 10.7. The van der Waals surface area contributed by atoms with Crippen LogP contribution in [0.3, 0.4) is 0 Å². The van der Waals surface area contributed by atoms with Gasteiger partial charge in [-0.25, -0.2) is 14.4 Å². The number of likely N-dealkylation sites (tertiary alicyclic amines) is 1. The molecule has 1 amide bonds. The van der Waals surface area contributed by atoms with E-state index in [0.29, 0.717) is 52.6 Å². The predicted molar refractivity (Wildman–Crippen MR) is 154 cm³/mol. The molecule has 0 spiro atoms. The number of likely N-dealkylation sites (N-methyl/N-ethyl adjacent to an activating group) is 1. The second-order valence-electron chi connectivity index (χ2n) is 10.4. The normalized spacial score (nSPS) is 17.4. The monoisotopic (exact) mass is 560 g/mol. The van der Waals surface area contributed by atoms with E-state index in [1.54, 1.807) is 30.3 Å². The minimum absolute atomic E-state index is 0.00234. The molecule has 206 valence electrons. The van der Waals surface area contributed by atoms with Gasteiger partial charge in [0.1, 0.15) is 40.3 Å². The van der Waals surface area contributed by atoms with Crippen LogP contribution in [0.25, 0.3) is 22.2 Å². The van der Waals surface area contributed by atoms with Crippen LogP contribution in [0.15, 0.2) is 67.0 Å². The molecule has 0 unspecified atom stereocenters. The molecular formula is C30H30ClFN6O2. The van der Waals surface area contributed by atoms with Crippen LogP contribution in [-0.2, 0) is 4.79 Å². The molecule has 4 aromatic rings. The van der Waals surface area contributed by atoms with Gasteiger partial charge in [-0.2, -0.15) is 0 Å². The maximum absolute atomic E-state index is 13.5. The Morgan fingerprint density at radius 1 is 1.18 bits per heavy atom. The highest BCUT2D eigenvalue weighted by atomic mass is 35.5. The molecule has 0 bridgehead atoms. The first-order valence-electron chi connectivity index (χ1n) is 13.4. The largest absolute Gasteiger partial charge is 0.457 e. The number of hydrogen-bond acceptors (Lipinski definition) is 6. The molecule has 1 atom stereocenters. The number of benzene rings is 2. The lowest BCUT2D eigenvalue weighted by atomic mass is 10.1. The van der Waals surface area contributed by atoms with Crippen molar-refractivity contribution >= 4 is 34.4 Å². The van der Waals surface area contributed by atoms with Crippen molar-refractivity contribution < 1.29 is 13.9 Å². The van der Waals surface area contributed by atoms with Gasteiger partial charge in [0.15, 0.2) is 0 Å². The molecule has 10 heteroatoms. The van der Waals surface area contributed by atoms with Crippen LogP contribution in [0.1, 0.15) is 25.3 Å². The maximum atomic E-state index is 13.5.